The van der Waals surface area contributed by atoms with Crippen LogP contribution in [-0.4, -0.2) is 37.4 Å². The van der Waals surface area contributed by atoms with Crippen molar-refractivity contribution in [3.63, 3.8) is 0 Å². The first-order valence-corrected chi connectivity index (χ1v) is 12.5. The van der Waals surface area contributed by atoms with Gasteiger partial charge in [0, 0.05) is 17.1 Å². The molecule has 0 fully saturated rings. The maximum atomic E-state index is 13.5. The Morgan fingerprint density at radius 1 is 0.950 bits per heavy atom. The number of hydrogen-bond donors (Lipinski definition) is 2. The Kier molecular flexibility index (Phi) is 8.48. The van der Waals surface area contributed by atoms with Crippen LogP contribution >= 0.6 is 0 Å². The van der Waals surface area contributed by atoms with Crippen LogP contribution in [0.15, 0.2) is 81.9 Å². The lowest BCUT2D eigenvalue weighted by Crippen LogP contribution is -2.34. The maximum Gasteiger partial charge on any atom is 0.340 e. The standard InChI is InChI=1S/C30H29N3O7/c1-5-39-30(37)26-19(3)33(21-10-12-22(38-4)13-11-21)29(36)25(26)16-23-14-15-24(40-23)17-31-27(34)28(35)32-20-8-6-18(2)7-9-20/h6-16H,5,17H2,1-4H3,(H,31,34)(H,32,35)/b25-16+. The Balaban J connectivity index is 1.50. The number of furan rings is 1. The van der Waals surface area contributed by atoms with E-state index in [2.05, 4.69) is 10.6 Å². The third kappa shape index (κ3) is 6.12. The molecule has 0 aliphatic carbocycles. The van der Waals surface area contributed by atoms with Gasteiger partial charge in [-0.2, -0.15) is 0 Å². The minimum atomic E-state index is -0.832. The molecule has 10 nitrogen and oxygen atoms in total. The number of carbonyl (C=O) groups is 4. The summed E-state index contributed by atoms with van der Waals surface area (Å²) in [6.45, 7) is 5.35. The average molecular weight is 544 g/mol. The van der Waals surface area contributed by atoms with Crippen molar-refractivity contribution < 1.29 is 33.1 Å². The fourth-order valence-corrected chi connectivity index (χ4v) is 4.11. The lowest BCUT2D eigenvalue weighted by molar-refractivity contribution is -0.138. The number of aryl methyl sites for hydroxylation is 1. The zero-order chi connectivity index (χ0) is 28.8. The molecule has 1 aliphatic heterocycles. The molecule has 0 saturated heterocycles. The monoisotopic (exact) mass is 543 g/mol. The minimum absolute atomic E-state index is 0.0607. The largest absolute Gasteiger partial charge is 0.497 e. The molecule has 1 aliphatic rings. The van der Waals surface area contributed by atoms with Crippen LogP contribution in [0.4, 0.5) is 11.4 Å². The van der Waals surface area contributed by atoms with E-state index in [-0.39, 0.29) is 30.1 Å². The van der Waals surface area contributed by atoms with Crippen LogP contribution in [0.25, 0.3) is 6.08 Å². The first-order chi connectivity index (χ1) is 19.2. The van der Waals surface area contributed by atoms with Gasteiger partial charge in [0.25, 0.3) is 5.91 Å². The van der Waals surface area contributed by atoms with Gasteiger partial charge in [-0.15, -0.1) is 0 Å². The molecule has 2 N–H and O–H groups in total. The predicted octanol–water partition coefficient (Wildman–Crippen LogP) is 4.12. The summed E-state index contributed by atoms with van der Waals surface area (Å²) in [4.78, 5) is 52.2. The Morgan fingerprint density at radius 2 is 1.65 bits per heavy atom. The highest BCUT2D eigenvalue weighted by atomic mass is 16.5. The van der Waals surface area contributed by atoms with Gasteiger partial charge in [-0.1, -0.05) is 17.7 Å². The van der Waals surface area contributed by atoms with Gasteiger partial charge in [0.2, 0.25) is 0 Å². The lowest BCUT2D eigenvalue weighted by Gasteiger charge is -2.18. The summed E-state index contributed by atoms with van der Waals surface area (Å²) in [7, 11) is 1.55. The molecule has 0 saturated carbocycles. The number of amides is 3. The van der Waals surface area contributed by atoms with Gasteiger partial charge in [-0.25, -0.2) is 4.79 Å². The highest BCUT2D eigenvalue weighted by Crippen LogP contribution is 2.36. The van der Waals surface area contributed by atoms with E-state index in [0.717, 1.165) is 5.56 Å². The number of carbonyl (C=O) groups excluding carboxylic acids is 4. The second-order valence-corrected chi connectivity index (χ2v) is 8.88. The van der Waals surface area contributed by atoms with E-state index in [9.17, 15) is 19.2 Å². The summed E-state index contributed by atoms with van der Waals surface area (Å²) in [5.41, 5.74) is 2.73. The van der Waals surface area contributed by atoms with Crippen LogP contribution in [-0.2, 0) is 30.5 Å². The Bertz CT molecular complexity index is 1500. The number of anilines is 2. The highest BCUT2D eigenvalue weighted by molar-refractivity contribution is 6.39. The molecule has 0 spiro atoms. The smallest absolute Gasteiger partial charge is 0.340 e. The molecule has 0 bridgehead atoms. The first-order valence-electron chi connectivity index (χ1n) is 12.5. The van der Waals surface area contributed by atoms with Crippen molar-refractivity contribution in [2.75, 3.05) is 23.9 Å². The Hall–Kier alpha value is -5.12. The molecule has 3 aromatic rings. The molecule has 0 radical (unpaired) electrons. The number of benzene rings is 2. The van der Waals surface area contributed by atoms with E-state index in [4.69, 9.17) is 13.9 Å². The summed E-state index contributed by atoms with van der Waals surface area (Å²) in [5, 5.41) is 5.03. The quantitative estimate of drug-likeness (QED) is 0.249. The molecule has 4 rings (SSSR count). The van der Waals surface area contributed by atoms with Gasteiger partial charge in [-0.05, 0) is 75.4 Å². The summed E-state index contributed by atoms with van der Waals surface area (Å²) in [5.74, 6) is -1.45. The maximum absolute atomic E-state index is 13.5. The molecule has 2 heterocycles. The molecular formula is C30H29N3O7. The number of rotatable bonds is 8. The highest BCUT2D eigenvalue weighted by Gasteiger charge is 2.38. The SMILES string of the molecule is CCOC(=O)C1=C(C)N(c2ccc(OC)cc2)C(=O)/C1=C/c1ccc(CNC(=O)C(=O)Nc2ccc(C)cc2)o1. The average Bonchev–Trinajstić information content (AvgIpc) is 3.50. The predicted molar refractivity (Wildman–Crippen MR) is 148 cm³/mol. The van der Waals surface area contributed by atoms with Crippen molar-refractivity contribution in [2.45, 2.75) is 27.3 Å². The summed E-state index contributed by atoms with van der Waals surface area (Å²) in [6.07, 6.45) is 1.46. The number of ether oxygens (including phenoxy) is 2. The van der Waals surface area contributed by atoms with Gasteiger partial charge in [-0.3, -0.25) is 19.3 Å². The van der Waals surface area contributed by atoms with E-state index in [1.165, 1.54) is 11.0 Å². The van der Waals surface area contributed by atoms with Crippen molar-refractivity contribution in [3.05, 3.63) is 94.6 Å². The zero-order valence-corrected chi connectivity index (χ0v) is 22.6. The van der Waals surface area contributed by atoms with Crippen molar-refractivity contribution in [2.24, 2.45) is 0 Å². The number of hydrogen-bond acceptors (Lipinski definition) is 7. The van der Waals surface area contributed by atoms with Crippen molar-refractivity contribution >= 4 is 41.1 Å². The molecule has 10 heteroatoms. The molecule has 2 aromatic carbocycles. The van der Waals surface area contributed by atoms with E-state index in [0.29, 0.717) is 28.6 Å². The normalized spacial score (nSPS) is 13.9. The van der Waals surface area contributed by atoms with Crippen LogP contribution < -0.4 is 20.3 Å². The molecule has 206 valence electrons. The van der Waals surface area contributed by atoms with Crippen LogP contribution in [0.3, 0.4) is 0 Å². The van der Waals surface area contributed by atoms with E-state index < -0.39 is 23.7 Å². The van der Waals surface area contributed by atoms with E-state index in [1.807, 2.05) is 19.1 Å². The van der Waals surface area contributed by atoms with Crippen LogP contribution in [0.5, 0.6) is 5.75 Å². The topological polar surface area (TPSA) is 127 Å². The van der Waals surface area contributed by atoms with Gasteiger partial charge in [0.1, 0.15) is 17.3 Å². The van der Waals surface area contributed by atoms with Gasteiger partial charge < -0.3 is 24.5 Å². The first kappa shape index (κ1) is 27.9. The van der Waals surface area contributed by atoms with Gasteiger partial charge in [0.05, 0.1) is 31.4 Å². The molecule has 1 aromatic heterocycles. The van der Waals surface area contributed by atoms with Crippen LogP contribution in [0, 0.1) is 6.92 Å². The number of nitrogens with zero attached hydrogens (tertiary/aromatic N) is 1. The van der Waals surface area contributed by atoms with E-state index >= 15 is 0 Å². The fraction of sp³-hybridized carbons (Fsp3) is 0.200. The van der Waals surface area contributed by atoms with Crippen LogP contribution in [0.1, 0.15) is 30.9 Å². The second-order valence-electron chi connectivity index (χ2n) is 8.88. The number of allylic oxidation sites excluding steroid dienone is 1. The second kappa shape index (κ2) is 12.2. The van der Waals surface area contributed by atoms with Crippen molar-refractivity contribution in [1.82, 2.24) is 5.32 Å². The Labute approximate surface area is 231 Å². The zero-order valence-electron chi connectivity index (χ0n) is 22.6. The van der Waals surface area contributed by atoms with Crippen LogP contribution in [0.2, 0.25) is 0 Å². The molecule has 40 heavy (non-hydrogen) atoms. The number of methoxy groups -OCH3 is 1. The molecular weight excluding hydrogens is 514 g/mol. The van der Waals surface area contributed by atoms with E-state index in [1.54, 1.807) is 69.5 Å². The van der Waals surface area contributed by atoms with Gasteiger partial charge in [0.15, 0.2) is 0 Å². The molecule has 0 unspecified atom stereocenters. The van der Waals surface area contributed by atoms with Crippen molar-refractivity contribution in [1.29, 1.82) is 0 Å². The number of nitrogens with one attached hydrogen (secondary N) is 2. The molecule has 0 atom stereocenters. The number of esters is 1. The summed E-state index contributed by atoms with van der Waals surface area (Å²) >= 11 is 0. The van der Waals surface area contributed by atoms with Crippen molar-refractivity contribution in [3.8, 4) is 5.75 Å². The third-order valence-electron chi connectivity index (χ3n) is 6.12. The van der Waals surface area contributed by atoms with Gasteiger partial charge >= 0.3 is 17.8 Å². The third-order valence-corrected chi connectivity index (χ3v) is 6.12. The minimum Gasteiger partial charge on any atom is -0.497 e. The fourth-order valence-electron chi connectivity index (χ4n) is 4.11. The summed E-state index contributed by atoms with van der Waals surface area (Å²) < 4.78 is 16.2. The summed E-state index contributed by atoms with van der Waals surface area (Å²) in [6, 6.07) is 17.1. The Morgan fingerprint density at radius 3 is 2.30 bits per heavy atom. The lowest BCUT2D eigenvalue weighted by atomic mass is 10.1. The molecule has 3 amide bonds.